The van der Waals surface area contributed by atoms with Crippen molar-refractivity contribution in [3.8, 4) is 0 Å². The van der Waals surface area contributed by atoms with Gasteiger partial charge in [0.05, 0.1) is 12.1 Å². The van der Waals surface area contributed by atoms with Crippen LogP contribution >= 0.6 is 0 Å². The van der Waals surface area contributed by atoms with E-state index in [2.05, 4.69) is 6.92 Å². The van der Waals surface area contributed by atoms with Gasteiger partial charge in [0.2, 0.25) is 0 Å². The van der Waals surface area contributed by atoms with Gasteiger partial charge in [-0.1, -0.05) is 31.2 Å². The number of benzene rings is 1. The molecule has 17 heavy (non-hydrogen) atoms. The number of ether oxygens (including phenoxy) is 1. The summed E-state index contributed by atoms with van der Waals surface area (Å²) in [5.74, 6) is 0.300. The van der Waals surface area contributed by atoms with Gasteiger partial charge in [0, 0.05) is 0 Å². The summed E-state index contributed by atoms with van der Waals surface area (Å²) in [5.41, 5.74) is 8.29. The molecule has 0 saturated heterocycles. The average Bonchev–Trinajstić information content (AvgIpc) is 2.32. The van der Waals surface area contributed by atoms with Crippen LogP contribution in [0.25, 0.3) is 0 Å². The van der Waals surface area contributed by atoms with Crippen molar-refractivity contribution in [3.05, 3.63) is 35.4 Å². The van der Waals surface area contributed by atoms with Crippen molar-refractivity contribution in [3.63, 3.8) is 0 Å². The Morgan fingerprint density at radius 3 is 2.65 bits per heavy atom. The molecule has 2 nitrogen and oxygen atoms in total. The van der Waals surface area contributed by atoms with E-state index in [1.54, 1.807) is 0 Å². The van der Waals surface area contributed by atoms with Crippen LogP contribution in [-0.4, -0.2) is 19.1 Å². The van der Waals surface area contributed by atoms with Gasteiger partial charge >= 0.3 is 0 Å². The maximum absolute atomic E-state index is 12.1. The zero-order chi connectivity index (χ0) is 12.4. The molecule has 94 valence electrons. The molecule has 4 heteroatoms. The summed E-state index contributed by atoms with van der Waals surface area (Å²) >= 11 is 0. The van der Waals surface area contributed by atoms with Crippen LogP contribution < -0.4 is 5.73 Å². The Hall–Kier alpha value is -1.00. The number of rotatable bonds is 3. The predicted octanol–water partition coefficient (Wildman–Crippen LogP) is 2.84. The highest BCUT2D eigenvalue weighted by Gasteiger charge is 2.31. The topological polar surface area (TPSA) is 35.2 Å². The Kier molecular flexibility index (Phi) is 3.74. The van der Waals surface area contributed by atoms with E-state index < -0.39 is 13.0 Å². The molecule has 0 amide bonds. The normalized spacial score (nSPS) is 28.2. The molecule has 1 aromatic carbocycles. The highest BCUT2D eigenvalue weighted by atomic mass is 19.3. The lowest BCUT2D eigenvalue weighted by Gasteiger charge is -2.34. The monoisotopic (exact) mass is 241 g/mol. The average molecular weight is 241 g/mol. The van der Waals surface area contributed by atoms with Crippen LogP contribution in [0.4, 0.5) is 8.78 Å². The first-order valence-corrected chi connectivity index (χ1v) is 5.83. The van der Waals surface area contributed by atoms with Crippen molar-refractivity contribution in [2.75, 3.05) is 6.61 Å². The van der Waals surface area contributed by atoms with E-state index in [-0.39, 0.29) is 12.1 Å². The minimum absolute atomic E-state index is 0.300. The molecule has 0 heterocycles. The number of fused-ring (bicyclic) bond motifs is 1. The summed E-state index contributed by atoms with van der Waals surface area (Å²) < 4.78 is 29.5. The first kappa shape index (κ1) is 12.5. The van der Waals surface area contributed by atoms with Gasteiger partial charge in [0.25, 0.3) is 6.43 Å². The summed E-state index contributed by atoms with van der Waals surface area (Å²) in [6.07, 6.45) is -2.05. The Bertz CT molecular complexity index is 383. The van der Waals surface area contributed by atoms with Gasteiger partial charge in [-0.25, -0.2) is 8.78 Å². The van der Waals surface area contributed by atoms with Gasteiger partial charge in [-0.15, -0.1) is 0 Å². The van der Waals surface area contributed by atoms with Crippen LogP contribution in [0, 0.1) is 0 Å². The van der Waals surface area contributed by atoms with E-state index in [0.29, 0.717) is 12.3 Å². The number of hydrogen-bond acceptors (Lipinski definition) is 2. The fourth-order valence-electron chi connectivity index (χ4n) is 2.45. The molecule has 1 aliphatic rings. The minimum Gasteiger partial charge on any atom is -0.370 e. The number of hydrogen-bond donors (Lipinski definition) is 1. The number of halogens is 2. The van der Waals surface area contributed by atoms with Crippen LogP contribution in [0.1, 0.15) is 36.4 Å². The molecule has 0 spiro atoms. The SMILES string of the molecule is CC1CC(OCC(F)F)C(N)c2ccccc21. The third kappa shape index (κ3) is 2.64. The molecule has 0 saturated carbocycles. The molecule has 0 radical (unpaired) electrons. The molecule has 2 N–H and O–H groups in total. The van der Waals surface area contributed by atoms with Crippen molar-refractivity contribution >= 4 is 0 Å². The van der Waals surface area contributed by atoms with Gasteiger partial charge in [-0.3, -0.25) is 0 Å². The molecule has 1 aromatic rings. The second-order valence-corrected chi connectivity index (χ2v) is 4.55. The number of nitrogens with two attached hydrogens (primary N) is 1. The summed E-state index contributed by atoms with van der Waals surface area (Å²) in [6, 6.07) is 7.59. The largest absolute Gasteiger partial charge is 0.370 e. The van der Waals surface area contributed by atoms with E-state index in [1.807, 2.05) is 24.3 Å². The Morgan fingerprint density at radius 2 is 2.00 bits per heavy atom. The first-order chi connectivity index (χ1) is 8.09. The van der Waals surface area contributed by atoms with Crippen molar-refractivity contribution < 1.29 is 13.5 Å². The lowest BCUT2D eigenvalue weighted by molar-refractivity contribution is -0.0416. The van der Waals surface area contributed by atoms with E-state index >= 15 is 0 Å². The summed E-state index contributed by atoms with van der Waals surface area (Å²) in [7, 11) is 0. The van der Waals surface area contributed by atoms with Crippen molar-refractivity contribution in [1.82, 2.24) is 0 Å². The second-order valence-electron chi connectivity index (χ2n) is 4.55. The zero-order valence-corrected chi connectivity index (χ0v) is 9.77. The summed E-state index contributed by atoms with van der Waals surface area (Å²) in [4.78, 5) is 0. The van der Waals surface area contributed by atoms with E-state index in [9.17, 15) is 8.78 Å². The molecule has 3 atom stereocenters. The van der Waals surface area contributed by atoms with Gasteiger partial charge in [-0.05, 0) is 23.5 Å². The smallest absolute Gasteiger partial charge is 0.261 e. The second kappa shape index (κ2) is 5.10. The lowest BCUT2D eigenvalue weighted by atomic mass is 9.79. The van der Waals surface area contributed by atoms with Crippen molar-refractivity contribution in [2.45, 2.75) is 37.8 Å². The van der Waals surface area contributed by atoms with Crippen LogP contribution in [0.2, 0.25) is 0 Å². The molecule has 0 aromatic heterocycles. The highest BCUT2D eigenvalue weighted by molar-refractivity contribution is 5.35. The van der Waals surface area contributed by atoms with E-state index in [4.69, 9.17) is 10.5 Å². The quantitative estimate of drug-likeness (QED) is 0.883. The predicted molar refractivity (Wildman–Crippen MR) is 62.1 cm³/mol. The van der Waals surface area contributed by atoms with E-state index in [0.717, 1.165) is 5.56 Å². The minimum atomic E-state index is -2.44. The Balaban J connectivity index is 2.15. The molecule has 0 fully saturated rings. The van der Waals surface area contributed by atoms with Crippen LogP contribution in [0.3, 0.4) is 0 Å². The van der Waals surface area contributed by atoms with E-state index in [1.165, 1.54) is 5.56 Å². The van der Waals surface area contributed by atoms with Crippen molar-refractivity contribution in [2.24, 2.45) is 5.73 Å². The molecule has 2 rings (SSSR count). The standard InChI is InChI=1S/C13H17F2NO/c1-8-6-11(17-7-12(14)15)13(16)10-5-3-2-4-9(8)10/h2-5,8,11-13H,6-7,16H2,1H3. The third-order valence-electron chi connectivity index (χ3n) is 3.31. The van der Waals surface area contributed by atoms with Gasteiger partial charge in [0.1, 0.15) is 6.61 Å². The van der Waals surface area contributed by atoms with Crippen LogP contribution in [-0.2, 0) is 4.74 Å². The highest BCUT2D eigenvalue weighted by Crippen LogP contribution is 2.37. The van der Waals surface area contributed by atoms with Gasteiger partial charge < -0.3 is 10.5 Å². The van der Waals surface area contributed by atoms with Crippen molar-refractivity contribution in [1.29, 1.82) is 0 Å². The molecule has 0 aliphatic heterocycles. The fraction of sp³-hybridized carbons (Fsp3) is 0.538. The maximum Gasteiger partial charge on any atom is 0.261 e. The zero-order valence-electron chi connectivity index (χ0n) is 9.77. The number of alkyl halides is 2. The fourth-order valence-corrected chi connectivity index (χ4v) is 2.45. The van der Waals surface area contributed by atoms with Crippen LogP contribution in [0.15, 0.2) is 24.3 Å². The summed E-state index contributed by atoms with van der Waals surface area (Å²) in [5, 5.41) is 0. The van der Waals surface area contributed by atoms with Gasteiger partial charge in [-0.2, -0.15) is 0 Å². The lowest BCUT2D eigenvalue weighted by Crippen LogP contribution is -2.36. The molecular weight excluding hydrogens is 224 g/mol. The first-order valence-electron chi connectivity index (χ1n) is 5.83. The molecular formula is C13H17F2NO. The molecule has 3 unspecified atom stereocenters. The Morgan fingerprint density at radius 1 is 1.35 bits per heavy atom. The molecule has 0 bridgehead atoms. The molecule has 1 aliphatic carbocycles. The Labute approximate surface area is 99.8 Å². The summed E-state index contributed by atoms with van der Waals surface area (Å²) in [6.45, 7) is 1.54. The van der Waals surface area contributed by atoms with Gasteiger partial charge in [0.15, 0.2) is 0 Å². The maximum atomic E-state index is 12.1. The third-order valence-corrected chi connectivity index (χ3v) is 3.31. The van der Waals surface area contributed by atoms with Crippen LogP contribution in [0.5, 0.6) is 0 Å².